The molecule has 0 aromatic rings. The summed E-state index contributed by atoms with van der Waals surface area (Å²) in [4.78, 5) is 10.8. The number of cyclic esters (lactones) is 1. The molecule has 2 heteroatoms. The molecule has 0 N–H and O–H groups in total. The molecule has 1 aliphatic heterocycles. The Kier molecular flexibility index (Phi) is 2.90. The predicted molar refractivity (Wildman–Crippen MR) is 47.7 cm³/mol. The van der Waals surface area contributed by atoms with Gasteiger partial charge in [0.1, 0.15) is 6.10 Å². The Hall–Kier alpha value is -0.790. The lowest BCUT2D eigenvalue weighted by Crippen LogP contribution is -2.08. The van der Waals surface area contributed by atoms with E-state index in [0.29, 0.717) is 12.3 Å². The van der Waals surface area contributed by atoms with Crippen molar-refractivity contribution in [3.05, 3.63) is 11.6 Å². The molecule has 0 aliphatic carbocycles. The molecule has 1 aliphatic rings. The standard InChI is InChI=1S/C10H16O2/c1-7(2)6-8(3)9-4-5-10(11)12-9/h6-7,9H,4-5H2,1-3H3. The van der Waals surface area contributed by atoms with Crippen LogP contribution in [0.2, 0.25) is 0 Å². The van der Waals surface area contributed by atoms with Gasteiger partial charge in [-0.05, 0) is 24.8 Å². The molecule has 2 nitrogen and oxygen atoms in total. The maximum atomic E-state index is 10.8. The first-order chi connectivity index (χ1) is 5.59. The summed E-state index contributed by atoms with van der Waals surface area (Å²) >= 11 is 0. The molecule has 0 aromatic carbocycles. The van der Waals surface area contributed by atoms with Crippen LogP contribution in [0.4, 0.5) is 0 Å². The molecule has 0 amide bonds. The molecule has 0 spiro atoms. The molecule has 0 bridgehead atoms. The highest BCUT2D eigenvalue weighted by molar-refractivity contribution is 5.72. The third-order valence-electron chi connectivity index (χ3n) is 1.99. The van der Waals surface area contributed by atoms with Crippen LogP contribution in [0.15, 0.2) is 11.6 Å². The van der Waals surface area contributed by atoms with E-state index in [9.17, 15) is 4.79 Å². The van der Waals surface area contributed by atoms with E-state index in [1.807, 2.05) is 6.92 Å². The maximum absolute atomic E-state index is 10.8. The van der Waals surface area contributed by atoms with E-state index in [2.05, 4.69) is 19.9 Å². The monoisotopic (exact) mass is 168 g/mol. The van der Waals surface area contributed by atoms with E-state index < -0.39 is 0 Å². The molecule has 68 valence electrons. The molecule has 1 atom stereocenters. The molecular weight excluding hydrogens is 152 g/mol. The molecular formula is C10H16O2. The summed E-state index contributed by atoms with van der Waals surface area (Å²) in [6.07, 6.45) is 3.64. The van der Waals surface area contributed by atoms with Crippen molar-refractivity contribution in [2.24, 2.45) is 5.92 Å². The highest BCUT2D eigenvalue weighted by atomic mass is 16.5. The lowest BCUT2D eigenvalue weighted by molar-refractivity contribution is -0.140. The highest BCUT2D eigenvalue weighted by Crippen LogP contribution is 2.21. The summed E-state index contributed by atoms with van der Waals surface area (Å²) in [6, 6.07) is 0. The van der Waals surface area contributed by atoms with Crippen molar-refractivity contribution >= 4 is 5.97 Å². The minimum atomic E-state index is -0.0588. The first-order valence-electron chi connectivity index (χ1n) is 4.47. The summed E-state index contributed by atoms with van der Waals surface area (Å²) < 4.78 is 5.12. The molecule has 1 unspecified atom stereocenters. The average molecular weight is 168 g/mol. The Morgan fingerprint density at radius 2 is 2.33 bits per heavy atom. The number of ether oxygens (including phenoxy) is 1. The zero-order chi connectivity index (χ0) is 9.14. The number of carbonyl (C=O) groups is 1. The SMILES string of the molecule is CC(=CC(C)C)C1CCC(=O)O1. The van der Waals surface area contributed by atoms with Crippen molar-refractivity contribution in [2.45, 2.75) is 39.7 Å². The highest BCUT2D eigenvalue weighted by Gasteiger charge is 2.24. The fourth-order valence-corrected chi connectivity index (χ4v) is 1.48. The van der Waals surface area contributed by atoms with Crippen LogP contribution in [0.5, 0.6) is 0 Å². The third kappa shape index (κ3) is 2.36. The van der Waals surface area contributed by atoms with E-state index >= 15 is 0 Å². The second-order valence-electron chi connectivity index (χ2n) is 3.67. The first kappa shape index (κ1) is 9.30. The summed E-state index contributed by atoms with van der Waals surface area (Å²) in [5, 5.41) is 0. The minimum Gasteiger partial charge on any atom is -0.458 e. The van der Waals surface area contributed by atoms with Crippen molar-refractivity contribution in [2.75, 3.05) is 0 Å². The van der Waals surface area contributed by atoms with Gasteiger partial charge in [0, 0.05) is 6.42 Å². The van der Waals surface area contributed by atoms with Gasteiger partial charge in [0.05, 0.1) is 0 Å². The Balaban J connectivity index is 2.53. The number of esters is 1. The van der Waals surface area contributed by atoms with Crippen LogP contribution in [0.1, 0.15) is 33.6 Å². The Labute approximate surface area is 73.6 Å². The van der Waals surface area contributed by atoms with Crippen LogP contribution >= 0.6 is 0 Å². The summed E-state index contributed by atoms with van der Waals surface area (Å²) in [7, 11) is 0. The van der Waals surface area contributed by atoms with Gasteiger partial charge in [0.25, 0.3) is 0 Å². The summed E-state index contributed by atoms with van der Waals surface area (Å²) in [6.45, 7) is 6.28. The van der Waals surface area contributed by atoms with E-state index in [1.54, 1.807) is 0 Å². The smallest absolute Gasteiger partial charge is 0.306 e. The van der Waals surface area contributed by atoms with Gasteiger partial charge < -0.3 is 4.74 Å². The van der Waals surface area contributed by atoms with Crippen LogP contribution in [0.3, 0.4) is 0 Å². The molecule has 1 fully saturated rings. The van der Waals surface area contributed by atoms with Crippen LogP contribution in [0.25, 0.3) is 0 Å². The number of hydrogen-bond acceptors (Lipinski definition) is 2. The quantitative estimate of drug-likeness (QED) is 0.467. The molecule has 0 radical (unpaired) electrons. The summed E-state index contributed by atoms with van der Waals surface area (Å²) in [5.41, 5.74) is 1.19. The van der Waals surface area contributed by atoms with Gasteiger partial charge in [0.2, 0.25) is 0 Å². The van der Waals surface area contributed by atoms with Crippen LogP contribution in [-0.4, -0.2) is 12.1 Å². The van der Waals surface area contributed by atoms with E-state index in [1.165, 1.54) is 5.57 Å². The van der Waals surface area contributed by atoms with E-state index in [0.717, 1.165) is 6.42 Å². The van der Waals surface area contributed by atoms with Gasteiger partial charge in [-0.15, -0.1) is 0 Å². The van der Waals surface area contributed by atoms with Crippen LogP contribution in [-0.2, 0) is 9.53 Å². The van der Waals surface area contributed by atoms with Crippen molar-refractivity contribution in [3.63, 3.8) is 0 Å². The zero-order valence-corrected chi connectivity index (χ0v) is 7.96. The summed E-state index contributed by atoms with van der Waals surface area (Å²) in [5.74, 6) is 0.473. The molecule has 0 aromatic heterocycles. The van der Waals surface area contributed by atoms with Gasteiger partial charge >= 0.3 is 5.97 Å². The molecule has 12 heavy (non-hydrogen) atoms. The lowest BCUT2D eigenvalue weighted by Gasteiger charge is -2.10. The lowest BCUT2D eigenvalue weighted by atomic mass is 10.0. The van der Waals surface area contributed by atoms with Crippen molar-refractivity contribution < 1.29 is 9.53 Å². The second-order valence-corrected chi connectivity index (χ2v) is 3.67. The van der Waals surface area contributed by atoms with Gasteiger partial charge in [0.15, 0.2) is 0 Å². The number of carbonyl (C=O) groups excluding carboxylic acids is 1. The Bertz CT molecular complexity index is 204. The third-order valence-corrected chi connectivity index (χ3v) is 1.99. The van der Waals surface area contributed by atoms with Crippen molar-refractivity contribution in [1.29, 1.82) is 0 Å². The largest absolute Gasteiger partial charge is 0.458 e. The van der Waals surface area contributed by atoms with Crippen molar-refractivity contribution in [3.8, 4) is 0 Å². The minimum absolute atomic E-state index is 0.0555. The topological polar surface area (TPSA) is 26.3 Å². The fourth-order valence-electron chi connectivity index (χ4n) is 1.48. The molecule has 1 heterocycles. The number of hydrogen-bond donors (Lipinski definition) is 0. The van der Waals surface area contributed by atoms with E-state index in [4.69, 9.17) is 4.74 Å². The predicted octanol–water partition coefficient (Wildman–Crippen LogP) is 2.29. The second kappa shape index (κ2) is 3.74. The van der Waals surface area contributed by atoms with E-state index in [-0.39, 0.29) is 12.1 Å². The molecule has 1 saturated heterocycles. The Morgan fingerprint density at radius 3 is 2.75 bits per heavy atom. The maximum Gasteiger partial charge on any atom is 0.306 e. The molecule has 1 rings (SSSR count). The number of rotatable bonds is 2. The molecule has 0 saturated carbocycles. The normalized spacial score (nSPS) is 24.8. The fraction of sp³-hybridized carbons (Fsp3) is 0.700. The van der Waals surface area contributed by atoms with Gasteiger partial charge in [-0.3, -0.25) is 4.79 Å². The Morgan fingerprint density at radius 1 is 1.67 bits per heavy atom. The number of allylic oxidation sites excluding steroid dienone is 1. The zero-order valence-electron chi connectivity index (χ0n) is 7.96. The van der Waals surface area contributed by atoms with Crippen LogP contribution in [0, 0.1) is 5.92 Å². The van der Waals surface area contributed by atoms with Gasteiger partial charge in [-0.25, -0.2) is 0 Å². The van der Waals surface area contributed by atoms with Crippen molar-refractivity contribution in [1.82, 2.24) is 0 Å². The van der Waals surface area contributed by atoms with Crippen LogP contribution < -0.4 is 0 Å². The first-order valence-corrected chi connectivity index (χ1v) is 4.47. The van der Waals surface area contributed by atoms with Gasteiger partial charge in [-0.2, -0.15) is 0 Å². The van der Waals surface area contributed by atoms with Gasteiger partial charge in [-0.1, -0.05) is 19.9 Å². The average Bonchev–Trinajstić information content (AvgIpc) is 2.34.